The van der Waals surface area contributed by atoms with Crippen LogP contribution in [0.1, 0.15) is 0 Å². The highest BCUT2D eigenvalue weighted by Gasteiger charge is 2.20. The fourth-order valence-electron chi connectivity index (χ4n) is 2.08. The Labute approximate surface area is 111 Å². The molecule has 2 aromatic heterocycles. The molecule has 0 saturated carbocycles. The van der Waals surface area contributed by atoms with Gasteiger partial charge in [0.1, 0.15) is 5.82 Å². The van der Waals surface area contributed by atoms with Gasteiger partial charge in [-0.15, -0.1) is 0 Å². The second-order valence-corrected chi connectivity index (χ2v) is 4.30. The maximum atomic E-state index is 5.68. The number of anilines is 3. The van der Waals surface area contributed by atoms with Crippen molar-refractivity contribution in [2.75, 3.05) is 41.7 Å². The highest BCUT2D eigenvalue weighted by atomic mass is 15.4. The largest absolute Gasteiger partial charge is 0.384 e. The Bertz CT molecular complexity index is 537. The average Bonchev–Trinajstić information content (AvgIpc) is 2.48. The van der Waals surface area contributed by atoms with Crippen LogP contribution in [0, 0.1) is 0 Å². The van der Waals surface area contributed by atoms with Crippen LogP contribution in [0.4, 0.5) is 17.7 Å². The standard InChI is InChI=1S/C12H15N7/c13-10-2-5-16-12(17-10)19-8-6-18(7-9-19)11-14-3-1-4-15-11/h1-5H,6-9H2,(H2,13,16,17). The van der Waals surface area contributed by atoms with Crippen LogP contribution in [0.2, 0.25) is 0 Å². The number of aromatic nitrogens is 4. The summed E-state index contributed by atoms with van der Waals surface area (Å²) in [6.45, 7) is 3.37. The summed E-state index contributed by atoms with van der Waals surface area (Å²) in [5.41, 5.74) is 5.68. The molecule has 0 spiro atoms. The molecule has 7 heteroatoms. The van der Waals surface area contributed by atoms with Gasteiger partial charge < -0.3 is 15.5 Å². The minimum Gasteiger partial charge on any atom is -0.384 e. The third kappa shape index (κ3) is 2.54. The summed E-state index contributed by atoms with van der Waals surface area (Å²) in [6, 6.07) is 3.51. The van der Waals surface area contributed by atoms with E-state index in [4.69, 9.17) is 5.73 Å². The van der Waals surface area contributed by atoms with E-state index in [2.05, 4.69) is 29.7 Å². The molecule has 1 aliphatic rings. The summed E-state index contributed by atoms with van der Waals surface area (Å²) in [6.07, 6.45) is 5.20. The fraction of sp³-hybridized carbons (Fsp3) is 0.333. The van der Waals surface area contributed by atoms with E-state index in [1.807, 2.05) is 6.07 Å². The molecule has 0 unspecified atom stereocenters. The van der Waals surface area contributed by atoms with Gasteiger partial charge in [0.2, 0.25) is 11.9 Å². The van der Waals surface area contributed by atoms with Gasteiger partial charge in [0.25, 0.3) is 0 Å². The van der Waals surface area contributed by atoms with Gasteiger partial charge in [-0.1, -0.05) is 0 Å². The van der Waals surface area contributed by atoms with Gasteiger partial charge in [-0.2, -0.15) is 4.98 Å². The summed E-state index contributed by atoms with van der Waals surface area (Å²) in [4.78, 5) is 21.3. The van der Waals surface area contributed by atoms with Crippen LogP contribution in [0.15, 0.2) is 30.7 Å². The van der Waals surface area contributed by atoms with Crippen molar-refractivity contribution in [3.8, 4) is 0 Å². The predicted molar refractivity (Wildman–Crippen MR) is 72.9 cm³/mol. The molecule has 0 amide bonds. The van der Waals surface area contributed by atoms with E-state index in [1.165, 1.54) is 0 Å². The molecule has 0 aliphatic carbocycles. The molecule has 7 nitrogen and oxygen atoms in total. The van der Waals surface area contributed by atoms with Crippen molar-refractivity contribution >= 4 is 17.7 Å². The Morgan fingerprint density at radius 3 is 2.05 bits per heavy atom. The highest BCUT2D eigenvalue weighted by molar-refractivity contribution is 5.40. The van der Waals surface area contributed by atoms with Crippen LogP contribution in [0.5, 0.6) is 0 Å². The molecule has 2 aromatic rings. The normalized spacial score (nSPS) is 15.6. The Hall–Kier alpha value is -2.44. The van der Waals surface area contributed by atoms with Gasteiger partial charge in [-0.25, -0.2) is 15.0 Å². The summed E-state index contributed by atoms with van der Waals surface area (Å²) in [7, 11) is 0. The van der Waals surface area contributed by atoms with E-state index in [-0.39, 0.29) is 0 Å². The zero-order valence-electron chi connectivity index (χ0n) is 10.5. The van der Waals surface area contributed by atoms with Gasteiger partial charge in [0, 0.05) is 44.8 Å². The first kappa shape index (κ1) is 11.6. The molecular weight excluding hydrogens is 242 g/mol. The number of nitrogen functional groups attached to an aromatic ring is 1. The van der Waals surface area contributed by atoms with Crippen molar-refractivity contribution in [3.63, 3.8) is 0 Å². The molecule has 98 valence electrons. The maximum Gasteiger partial charge on any atom is 0.227 e. The summed E-state index contributed by atoms with van der Waals surface area (Å²) in [5.74, 6) is 1.96. The molecule has 1 fully saturated rings. The first-order valence-corrected chi connectivity index (χ1v) is 6.18. The zero-order valence-corrected chi connectivity index (χ0v) is 10.5. The first-order valence-electron chi connectivity index (χ1n) is 6.18. The van der Waals surface area contributed by atoms with Crippen molar-refractivity contribution in [2.24, 2.45) is 0 Å². The van der Waals surface area contributed by atoms with Crippen LogP contribution in [-0.2, 0) is 0 Å². The number of piperazine rings is 1. The number of hydrogen-bond acceptors (Lipinski definition) is 7. The van der Waals surface area contributed by atoms with Gasteiger partial charge >= 0.3 is 0 Å². The molecule has 0 radical (unpaired) electrons. The van der Waals surface area contributed by atoms with E-state index in [1.54, 1.807) is 24.7 Å². The molecule has 2 N–H and O–H groups in total. The lowest BCUT2D eigenvalue weighted by Gasteiger charge is -2.34. The summed E-state index contributed by atoms with van der Waals surface area (Å²) < 4.78 is 0. The molecule has 3 heterocycles. The van der Waals surface area contributed by atoms with Gasteiger partial charge in [-0.05, 0) is 12.1 Å². The lowest BCUT2D eigenvalue weighted by Crippen LogP contribution is -2.47. The highest BCUT2D eigenvalue weighted by Crippen LogP contribution is 2.14. The van der Waals surface area contributed by atoms with E-state index >= 15 is 0 Å². The monoisotopic (exact) mass is 257 g/mol. The topological polar surface area (TPSA) is 84.1 Å². The molecule has 0 atom stereocenters. The van der Waals surface area contributed by atoms with E-state index in [0.29, 0.717) is 11.8 Å². The lowest BCUT2D eigenvalue weighted by atomic mass is 10.3. The van der Waals surface area contributed by atoms with Crippen LogP contribution in [0.25, 0.3) is 0 Å². The van der Waals surface area contributed by atoms with E-state index in [0.717, 1.165) is 32.1 Å². The second kappa shape index (κ2) is 5.05. The Kier molecular flexibility index (Phi) is 3.09. The fourth-order valence-corrected chi connectivity index (χ4v) is 2.08. The van der Waals surface area contributed by atoms with Crippen molar-refractivity contribution in [3.05, 3.63) is 30.7 Å². The molecular formula is C12H15N7. The van der Waals surface area contributed by atoms with Crippen molar-refractivity contribution in [1.82, 2.24) is 19.9 Å². The summed E-state index contributed by atoms with van der Waals surface area (Å²) >= 11 is 0. The minimum atomic E-state index is 0.499. The second-order valence-electron chi connectivity index (χ2n) is 4.30. The van der Waals surface area contributed by atoms with Crippen LogP contribution in [0.3, 0.4) is 0 Å². The quantitative estimate of drug-likeness (QED) is 0.821. The Morgan fingerprint density at radius 1 is 0.842 bits per heavy atom. The van der Waals surface area contributed by atoms with E-state index in [9.17, 15) is 0 Å². The third-order valence-electron chi connectivity index (χ3n) is 3.06. The zero-order chi connectivity index (χ0) is 13.1. The number of rotatable bonds is 2. The van der Waals surface area contributed by atoms with Crippen molar-refractivity contribution in [1.29, 1.82) is 0 Å². The predicted octanol–water partition coefficient (Wildman–Crippen LogP) is 0.175. The molecule has 0 aromatic carbocycles. The lowest BCUT2D eigenvalue weighted by molar-refractivity contribution is 0.628. The maximum absolute atomic E-state index is 5.68. The van der Waals surface area contributed by atoms with E-state index < -0.39 is 0 Å². The van der Waals surface area contributed by atoms with Crippen molar-refractivity contribution in [2.45, 2.75) is 0 Å². The van der Waals surface area contributed by atoms with Crippen LogP contribution < -0.4 is 15.5 Å². The van der Waals surface area contributed by atoms with Crippen molar-refractivity contribution < 1.29 is 0 Å². The van der Waals surface area contributed by atoms with Gasteiger partial charge in [-0.3, -0.25) is 0 Å². The number of nitrogens with zero attached hydrogens (tertiary/aromatic N) is 6. The number of nitrogens with two attached hydrogens (primary N) is 1. The summed E-state index contributed by atoms with van der Waals surface area (Å²) in [5, 5.41) is 0. The van der Waals surface area contributed by atoms with Gasteiger partial charge in [0.05, 0.1) is 0 Å². The Morgan fingerprint density at radius 2 is 1.42 bits per heavy atom. The smallest absolute Gasteiger partial charge is 0.227 e. The average molecular weight is 257 g/mol. The minimum absolute atomic E-state index is 0.499. The molecule has 1 aliphatic heterocycles. The molecule has 19 heavy (non-hydrogen) atoms. The molecule has 1 saturated heterocycles. The SMILES string of the molecule is Nc1ccnc(N2CCN(c3ncccn3)CC2)n1. The van der Waals surface area contributed by atoms with Gasteiger partial charge in [0.15, 0.2) is 0 Å². The van der Waals surface area contributed by atoms with Crippen LogP contribution >= 0.6 is 0 Å². The number of hydrogen-bond donors (Lipinski definition) is 1. The molecule has 3 rings (SSSR count). The van der Waals surface area contributed by atoms with Crippen LogP contribution in [-0.4, -0.2) is 46.1 Å². The third-order valence-corrected chi connectivity index (χ3v) is 3.06. The molecule has 0 bridgehead atoms. The first-order chi connectivity index (χ1) is 9.33. The Balaban J connectivity index is 1.67.